The first kappa shape index (κ1) is 26.5. The van der Waals surface area contributed by atoms with Gasteiger partial charge in [0.15, 0.2) is 0 Å². The summed E-state index contributed by atoms with van der Waals surface area (Å²) in [5, 5.41) is 21.6. The molecule has 2 heteroatoms. The van der Waals surface area contributed by atoms with Crippen molar-refractivity contribution in [2.24, 2.45) is 0 Å². The topological polar surface area (TPSA) is 40.5 Å². The van der Waals surface area contributed by atoms with Gasteiger partial charge >= 0.3 is 0 Å². The molecule has 0 saturated carbocycles. The summed E-state index contributed by atoms with van der Waals surface area (Å²) in [6, 6.07) is 40.4. The second-order valence-electron chi connectivity index (χ2n) is 9.96. The van der Waals surface area contributed by atoms with Crippen LogP contribution in [0.4, 0.5) is 0 Å². The average Bonchev–Trinajstić information content (AvgIpc) is 3.01. The Labute approximate surface area is 236 Å². The molecular formula is C38H32O2. The Hall–Kier alpha value is -5.08. The van der Waals surface area contributed by atoms with Gasteiger partial charge in [-0.25, -0.2) is 0 Å². The van der Waals surface area contributed by atoms with Crippen LogP contribution in [0.3, 0.4) is 0 Å². The molecular weight excluding hydrogens is 488 g/mol. The van der Waals surface area contributed by atoms with Gasteiger partial charge in [0.25, 0.3) is 0 Å². The molecule has 2 N–H and O–H groups in total. The number of rotatable bonds is 8. The van der Waals surface area contributed by atoms with Gasteiger partial charge in [0.2, 0.25) is 0 Å². The maximum atomic E-state index is 10.8. The zero-order valence-corrected chi connectivity index (χ0v) is 22.6. The largest absolute Gasteiger partial charge is 0.507 e. The molecule has 1 unspecified atom stereocenters. The van der Waals surface area contributed by atoms with Crippen molar-refractivity contribution in [1.82, 2.24) is 0 Å². The highest BCUT2D eigenvalue weighted by Crippen LogP contribution is 2.44. The van der Waals surface area contributed by atoms with Gasteiger partial charge in [0.1, 0.15) is 11.5 Å². The van der Waals surface area contributed by atoms with Crippen LogP contribution in [0.5, 0.6) is 11.5 Å². The van der Waals surface area contributed by atoms with Crippen LogP contribution in [0.1, 0.15) is 29.2 Å². The first-order valence-electron chi connectivity index (χ1n) is 13.3. The van der Waals surface area contributed by atoms with Crippen LogP contribution in [0.15, 0.2) is 153 Å². The summed E-state index contributed by atoms with van der Waals surface area (Å²) in [7, 11) is 0. The maximum absolute atomic E-state index is 10.8. The summed E-state index contributed by atoms with van der Waals surface area (Å²) >= 11 is 0. The number of phenolic OH excluding ortho intramolecular Hbond substituents is 2. The van der Waals surface area contributed by atoms with Crippen LogP contribution in [-0.2, 0) is 5.41 Å². The van der Waals surface area contributed by atoms with E-state index in [1.165, 1.54) is 0 Å². The van der Waals surface area contributed by atoms with Gasteiger partial charge in [-0.05, 0) is 70.1 Å². The quantitative estimate of drug-likeness (QED) is 0.158. The second-order valence-corrected chi connectivity index (χ2v) is 9.96. The second kappa shape index (κ2) is 11.3. The van der Waals surface area contributed by atoms with E-state index < -0.39 is 5.41 Å². The highest BCUT2D eigenvalue weighted by atomic mass is 16.3. The third-order valence-electron chi connectivity index (χ3n) is 7.63. The molecule has 0 aliphatic carbocycles. The van der Waals surface area contributed by atoms with E-state index in [1.54, 1.807) is 24.3 Å². The van der Waals surface area contributed by atoms with E-state index in [0.717, 1.165) is 44.5 Å². The third kappa shape index (κ3) is 5.00. The number of allylic oxidation sites excluding steroid dienone is 4. The summed E-state index contributed by atoms with van der Waals surface area (Å²) in [4.78, 5) is 0. The Balaban J connectivity index is 1.74. The summed E-state index contributed by atoms with van der Waals surface area (Å²) in [5.74, 6) is 0.403. The molecule has 196 valence electrons. The maximum Gasteiger partial charge on any atom is 0.123 e. The Morgan fingerprint density at radius 1 is 0.600 bits per heavy atom. The lowest BCUT2D eigenvalue weighted by molar-refractivity contribution is 0.473. The number of aromatic hydroxyl groups is 2. The van der Waals surface area contributed by atoms with Crippen molar-refractivity contribution in [3.8, 4) is 33.8 Å². The zero-order valence-electron chi connectivity index (χ0n) is 22.6. The lowest BCUT2D eigenvalue weighted by atomic mass is 9.70. The van der Waals surface area contributed by atoms with Crippen LogP contribution in [-0.4, -0.2) is 10.2 Å². The van der Waals surface area contributed by atoms with Crippen molar-refractivity contribution < 1.29 is 10.2 Å². The molecule has 0 aliphatic rings. The smallest absolute Gasteiger partial charge is 0.123 e. The summed E-state index contributed by atoms with van der Waals surface area (Å²) in [6.07, 6.45) is 5.25. The fourth-order valence-electron chi connectivity index (χ4n) is 5.30. The van der Waals surface area contributed by atoms with Crippen LogP contribution in [0.2, 0.25) is 0 Å². The molecule has 0 saturated heterocycles. The fourth-order valence-corrected chi connectivity index (χ4v) is 5.30. The van der Waals surface area contributed by atoms with Crippen molar-refractivity contribution in [3.63, 3.8) is 0 Å². The minimum Gasteiger partial charge on any atom is -0.507 e. The first-order valence-corrected chi connectivity index (χ1v) is 13.3. The molecule has 2 nitrogen and oxygen atoms in total. The van der Waals surface area contributed by atoms with Gasteiger partial charge in [-0.3, -0.25) is 0 Å². The molecule has 5 rings (SSSR count). The molecule has 0 amide bonds. The summed E-state index contributed by atoms with van der Waals surface area (Å²) in [5.41, 5.74) is 7.95. The van der Waals surface area contributed by atoms with Gasteiger partial charge in [-0.1, -0.05) is 128 Å². The summed E-state index contributed by atoms with van der Waals surface area (Å²) in [6.45, 7) is 9.95. The summed E-state index contributed by atoms with van der Waals surface area (Å²) < 4.78 is 0. The molecule has 0 radical (unpaired) electrons. The highest BCUT2D eigenvalue weighted by Gasteiger charge is 2.33. The van der Waals surface area contributed by atoms with E-state index in [-0.39, 0.29) is 11.5 Å². The van der Waals surface area contributed by atoms with E-state index in [4.69, 9.17) is 0 Å². The first-order chi connectivity index (χ1) is 19.5. The van der Waals surface area contributed by atoms with E-state index in [0.29, 0.717) is 5.56 Å². The molecule has 0 bridgehead atoms. The van der Waals surface area contributed by atoms with Crippen LogP contribution >= 0.6 is 0 Å². The minimum absolute atomic E-state index is 0.175. The molecule has 0 spiro atoms. The van der Waals surface area contributed by atoms with E-state index >= 15 is 0 Å². The zero-order chi connectivity index (χ0) is 28.1. The monoisotopic (exact) mass is 520 g/mol. The van der Waals surface area contributed by atoms with Crippen LogP contribution < -0.4 is 0 Å². The average molecular weight is 521 g/mol. The lowest BCUT2D eigenvalue weighted by Gasteiger charge is -2.33. The van der Waals surface area contributed by atoms with E-state index in [9.17, 15) is 10.2 Å². The molecule has 1 atom stereocenters. The Morgan fingerprint density at radius 2 is 1.12 bits per heavy atom. The van der Waals surface area contributed by atoms with Crippen LogP contribution in [0, 0.1) is 0 Å². The van der Waals surface area contributed by atoms with Crippen molar-refractivity contribution in [1.29, 1.82) is 0 Å². The minimum atomic E-state index is -0.616. The van der Waals surface area contributed by atoms with Gasteiger partial charge < -0.3 is 10.2 Å². The van der Waals surface area contributed by atoms with Gasteiger partial charge in [0, 0.05) is 16.5 Å². The van der Waals surface area contributed by atoms with E-state index in [2.05, 4.69) is 62.5 Å². The molecule has 0 fully saturated rings. The molecule has 5 aromatic carbocycles. The molecule has 0 aromatic heterocycles. The lowest BCUT2D eigenvalue weighted by Crippen LogP contribution is -2.25. The molecule has 40 heavy (non-hydrogen) atoms. The SMILES string of the molecule is C=C/C=C(\C=C)c1cc(C(C)(c2ccc(-c3ccccc3)cc2)c2ccc(O)c(-c3ccccc3)c2)ccc1O. The normalized spacial score (nSPS) is 12.9. The Morgan fingerprint density at radius 3 is 1.73 bits per heavy atom. The Kier molecular flexibility index (Phi) is 7.52. The highest BCUT2D eigenvalue weighted by molar-refractivity contribution is 5.79. The van der Waals surface area contributed by atoms with Gasteiger partial charge in [0.05, 0.1) is 0 Å². The van der Waals surface area contributed by atoms with E-state index in [1.807, 2.05) is 72.8 Å². The van der Waals surface area contributed by atoms with Gasteiger partial charge in [-0.15, -0.1) is 0 Å². The molecule has 0 aliphatic heterocycles. The van der Waals surface area contributed by atoms with Crippen molar-refractivity contribution in [3.05, 3.63) is 175 Å². The standard InChI is InChI=1S/C38H32O2/c1-4-12-27(5-2)34-25-32(21-23-36(34)39)38(3,31-19-17-29(18-20-31)28-13-8-6-9-14-28)33-22-24-37(40)35(26-33)30-15-10-7-11-16-30/h4-26,39-40H,1-2H2,3H3/b27-12+. The van der Waals surface area contributed by atoms with Crippen molar-refractivity contribution >= 4 is 5.57 Å². The fraction of sp³-hybridized carbons (Fsp3) is 0.0526. The number of phenols is 2. The predicted octanol–water partition coefficient (Wildman–Crippen LogP) is 9.54. The van der Waals surface area contributed by atoms with Crippen molar-refractivity contribution in [2.45, 2.75) is 12.3 Å². The van der Waals surface area contributed by atoms with Crippen LogP contribution in [0.25, 0.3) is 27.8 Å². The Bertz CT molecular complexity index is 1680. The number of hydrogen-bond donors (Lipinski definition) is 2. The predicted molar refractivity (Wildman–Crippen MR) is 167 cm³/mol. The number of hydrogen-bond acceptors (Lipinski definition) is 2. The molecule has 5 aromatic rings. The van der Waals surface area contributed by atoms with Crippen molar-refractivity contribution in [2.75, 3.05) is 0 Å². The molecule has 0 heterocycles. The number of benzene rings is 5. The third-order valence-corrected chi connectivity index (χ3v) is 7.63. The van der Waals surface area contributed by atoms with Gasteiger partial charge in [-0.2, -0.15) is 0 Å².